The van der Waals surface area contributed by atoms with Crippen LogP contribution in [-0.4, -0.2) is 43.2 Å². The predicted octanol–water partition coefficient (Wildman–Crippen LogP) is 0.0286. The molecule has 3 N–H and O–H groups in total. The lowest BCUT2D eigenvalue weighted by Crippen LogP contribution is -2.38. The van der Waals surface area contributed by atoms with Crippen molar-refractivity contribution in [3.05, 3.63) is 47.5 Å². The molecule has 0 bridgehead atoms. The number of amides is 1. The highest BCUT2D eigenvalue weighted by molar-refractivity contribution is 5.99. The van der Waals surface area contributed by atoms with Crippen molar-refractivity contribution in [3.8, 4) is 0 Å². The van der Waals surface area contributed by atoms with Gasteiger partial charge in [-0.05, 0) is 12.1 Å². The lowest BCUT2D eigenvalue weighted by atomic mass is 10.1. The lowest BCUT2D eigenvalue weighted by molar-refractivity contribution is 0.0707. The fourth-order valence-electron chi connectivity index (χ4n) is 2.26. The number of aromatic nitrogens is 3. The third kappa shape index (κ3) is 2.42. The van der Waals surface area contributed by atoms with Gasteiger partial charge in [0.1, 0.15) is 6.33 Å². The quantitative estimate of drug-likeness (QED) is 0.350. The molecule has 2 aromatic rings. The topological polar surface area (TPSA) is 110 Å². The van der Waals surface area contributed by atoms with Crippen molar-refractivity contribution < 1.29 is 10.0 Å². The number of benzene rings is 1. The van der Waals surface area contributed by atoms with Crippen molar-refractivity contribution in [2.24, 2.45) is 10.9 Å². The van der Waals surface area contributed by atoms with E-state index in [1.165, 1.54) is 0 Å². The summed E-state index contributed by atoms with van der Waals surface area (Å²) < 4.78 is 1.94. The predicted molar refractivity (Wildman–Crippen MR) is 73.7 cm³/mol. The van der Waals surface area contributed by atoms with Gasteiger partial charge in [-0.3, -0.25) is 4.79 Å². The van der Waals surface area contributed by atoms with Crippen LogP contribution >= 0.6 is 0 Å². The Bertz CT molecular complexity index is 691. The monoisotopic (exact) mass is 286 g/mol. The maximum atomic E-state index is 12.4. The van der Waals surface area contributed by atoms with E-state index in [0.717, 1.165) is 5.82 Å². The maximum Gasteiger partial charge on any atom is 0.254 e. The van der Waals surface area contributed by atoms with Gasteiger partial charge in [-0.1, -0.05) is 17.3 Å². The molecule has 8 nitrogen and oxygen atoms in total. The molecule has 0 atom stereocenters. The molecule has 8 heteroatoms. The van der Waals surface area contributed by atoms with Gasteiger partial charge in [0.25, 0.3) is 5.91 Å². The highest BCUT2D eigenvalue weighted by atomic mass is 16.4. The largest absolute Gasteiger partial charge is 0.409 e. The van der Waals surface area contributed by atoms with Crippen molar-refractivity contribution in [1.29, 1.82) is 0 Å². The van der Waals surface area contributed by atoms with Crippen LogP contribution in [0.25, 0.3) is 0 Å². The molecule has 0 spiro atoms. The Morgan fingerprint density at radius 3 is 2.67 bits per heavy atom. The number of oxime groups is 1. The standard InChI is InChI=1S/C13H14N6O2/c14-12(17-21)9-1-3-10(4-2-9)13(20)18-5-6-19-8-15-16-11(19)7-18/h1-4,8,21H,5-7H2,(H2,14,17). The number of hydrogen-bond donors (Lipinski definition) is 2. The van der Waals surface area contributed by atoms with E-state index in [1.807, 2.05) is 4.57 Å². The van der Waals surface area contributed by atoms with Crippen LogP contribution in [0.4, 0.5) is 0 Å². The number of fused-ring (bicyclic) bond motifs is 1. The molecular weight excluding hydrogens is 272 g/mol. The normalized spacial score (nSPS) is 14.9. The molecule has 0 unspecified atom stereocenters. The van der Waals surface area contributed by atoms with Crippen LogP contribution in [0, 0.1) is 0 Å². The third-order valence-corrected chi connectivity index (χ3v) is 3.46. The van der Waals surface area contributed by atoms with Crippen molar-refractivity contribution in [2.75, 3.05) is 6.54 Å². The minimum absolute atomic E-state index is 0.0140. The minimum Gasteiger partial charge on any atom is -0.409 e. The summed E-state index contributed by atoms with van der Waals surface area (Å²) in [6.07, 6.45) is 1.67. The van der Waals surface area contributed by atoms with E-state index >= 15 is 0 Å². The average Bonchev–Trinajstić information content (AvgIpc) is 3.01. The van der Waals surface area contributed by atoms with Gasteiger partial charge in [-0.15, -0.1) is 10.2 Å². The fraction of sp³-hybridized carbons (Fsp3) is 0.231. The van der Waals surface area contributed by atoms with E-state index in [-0.39, 0.29) is 11.7 Å². The molecule has 0 saturated heterocycles. The van der Waals surface area contributed by atoms with Gasteiger partial charge in [0.05, 0.1) is 6.54 Å². The lowest BCUT2D eigenvalue weighted by Gasteiger charge is -2.27. The Kier molecular flexibility index (Phi) is 3.27. The van der Waals surface area contributed by atoms with Gasteiger partial charge in [0.15, 0.2) is 11.7 Å². The smallest absolute Gasteiger partial charge is 0.254 e. The number of rotatable bonds is 2. The van der Waals surface area contributed by atoms with E-state index in [2.05, 4.69) is 15.4 Å². The fourth-order valence-corrected chi connectivity index (χ4v) is 2.26. The number of carbonyl (C=O) groups is 1. The first-order valence-electron chi connectivity index (χ1n) is 6.43. The van der Waals surface area contributed by atoms with Crippen LogP contribution in [0.1, 0.15) is 21.7 Å². The summed E-state index contributed by atoms with van der Waals surface area (Å²) in [5.74, 6) is 0.721. The molecule has 1 aromatic carbocycles. The average molecular weight is 286 g/mol. The van der Waals surface area contributed by atoms with E-state index in [4.69, 9.17) is 10.9 Å². The summed E-state index contributed by atoms with van der Waals surface area (Å²) in [5, 5.41) is 19.4. The van der Waals surface area contributed by atoms with Crippen LogP contribution in [0.15, 0.2) is 35.7 Å². The highest BCUT2D eigenvalue weighted by Gasteiger charge is 2.22. The van der Waals surface area contributed by atoms with Crippen molar-refractivity contribution >= 4 is 11.7 Å². The van der Waals surface area contributed by atoms with Gasteiger partial charge in [-0.2, -0.15) is 0 Å². The zero-order valence-corrected chi connectivity index (χ0v) is 11.2. The summed E-state index contributed by atoms with van der Waals surface area (Å²) in [7, 11) is 0. The van der Waals surface area contributed by atoms with E-state index in [9.17, 15) is 4.79 Å². The van der Waals surface area contributed by atoms with E-state index in [1.54, 1.807) is 35.5 Å². The van der Waals surface area contributed by atoms with Gasteiger partial charge in [0.2, 0.25) is 0 Å². The first-order valence-corrected chi connectivity index (χ1v) is 6.43. The van der Waals surface area contributed by atoms with E-state index < -0.39 is 0 Å². The van der Waals surface area contributed by atoms with Gasteiger partial charge >= 0.3 is 0 Å². The number of amidine groups is 1. The number of nitrogens with zero attached hydrogens (tertiary/aromatic N) is 5. The SMILES string of the molecule is NC(=NO)c1ccc(C(=O)N2CCn3cnnc3C2)cc1. The molecule has 2 heterocycles. The molecule has 21 heavy (non-hydrogen) atoms. The van der Waals surface area contributed by atoms with Crippen LogP contribution in [0.5, 0.6) is 0 Å². The Morgan fingerprint density at radius 1 is 1.24 bits per heavy atom. The van der Waals surface area contributed by atoms with Gasteiger partial charge in [-0.25, -0.2) is 0 Å². The number of nitrogens with two attached hydrogens (primary N) is 1. The number of carbonyl (C=O) groups excluding carboxylic acids is 1. The summed E-state index contributed by atoms with van der Waals surface area (Å²) in [6.45, 7) is 1.75. The Hall–Kier alpha value is -2.90. The zero-order chi connectivity index (χ0) is 14.8. The third-order valence-electron chi connectivity index (χ3n) is 3.46. The summed E-state index contributed by atoms with van der Waals surface area (Å²) >= 11 is 0. The second-order valence-corrected chi connectivity index (χ2v) is 4.73. The molecule has 0 saturated carbocycles. The van der Waals surface area contributed by atoms with Gasteiger partial charge < -0.3 is 20.4 Å². The molecule has 1 amide bonds. The van der Waals surface area contributed by atoms with Crippen molar-refractivity contribution in [3.63, 3.8) is 0 Å². The summed E-state index contributed by atoms with van der Waals surface area (Å²) in [5.41, 5.74) is 6.61. The van der Waals surface area contributed by atoms with Gasteiger partial charge in [0, 0.05) is 24.2 Å². The summed E-state index contributed by atoms with van der Waals surface area (Å²) in [4.78, 5) is 14.2. The molecule has 0 radical (unpaired) electrons. The molecular formula is C13H14N6O2. The number of hydrogen-bond acceptors (Lipinski definition) is 5. The Labute approximate surface area is 120 Å². The Morgan fingerprint density at radius 2 is 1.95 bits per heavy atom. The molecule has 108 valence electrons. The molecule has 0 aliphatic carbocycles. The first-order chi connectivity index (χ1) is 10.2. The van der Waals surface area contributed by atoms with Crippen LogP contribution in [0.2, 0.25) is 0 Å². The zero-order valence-electron chi connectivity index (χ0n) is 11.2. The first kappa shape index (κ1) is 13.1. The molecule has 3 rings (SSSR count). The molecule has 1 aromatic heterocycles. The second kappa shape index (κ2) is 5.23. The highest BCUT2D eigenvalue weighted by Crippen LogP contribution is 2.14. The van der Waals surface area contributed by atoms with Crippen LogP contribution in [0.3, 0.4) is 0 Å². The van der Waals surface area contributed by atoms with Crippen LogP contribution < -0.4 is 5.73 Å². The molecule has 1 aliphatic heterocycles. The van der Waals surface area contributed by atoms with Crippen LogP contribution in [-0.2, 0) is 13.1 Å². The molecule has 0 fully saturated rings. The van der Waals surface area contributed by atoms with Crippen molar-refractivity contribution in [1.82, 2.24) is 19.7 Å². The van der Waals surface area contributed by atoms with E-state index in [0.29, 0.717) is 30.8 Å². The molecule has 1 aliphatic rings. The minimum atomic E-state index is -0.0738. The summed E-state index contributed by atoms with van der Waals surface area (Å²) in [6, 6.07) is 6.62. The Balaban J connectivity index is 1.77. The van der Waals surface area contributed by atoms with Crippen molar-refractivity contribution in [2.45, 2.75) is 13.1 Å². The second-order valence-electron chi connectivity index (χ2n) is 4.73. The maximum absolute atomic E-state index is 12.4.